The second kappa shape index (κ2) is 4.59. The zero-order valence-electron chi connectivity index (χ0n) is 11.2. The highest BCUT2D eigenvalue weighted by Crippen LogP contribution is 2.48. The van der Waals surface area contributed by atoms with Crippen molar-refractivity contribution < 1.29 is 19.0 Å². The molecule has 0 fully saturated rings. The highest BCUT2D eigenvalue weighted by atomic mass is 16.7. The first kappa shape index (κ1) is 12.6. The Hall–Kier alpha value is -2.43. The molecule has 1 aromatic carbocycles. The minimum atomic E-state index is -0.464. The Morgan fingerprint density at radius 2 is 2.05 bits per heavy atom. The average molecular weight is 274 g/mol. The molecule has 0 unspecified atom stereocenters. The molecule has 1 N–H and O–H groups in total. The van der Waals surface area contributed by atoms with Crippen molar-refractivity contribution in [1.82, 2.24) is 0 Å². The summed E-state index contributed by atoms with van der Waals surface area (Å²) in [4.78, 5) is 11.4. The van der Waals surface area contributed by atoms with Crippen LogP contribution in [-0.2, 0) is 6.42 Å². The van der Waals surface area contributed by atoms with E-state index in [1.54, 1.807) is 0 Å². The Labute approximate surface area is 115 Å². The number of fused-ring (bicyclic) bond motifs is 2. The van der Waals surface area contributed by atoms with Crippen molar-refractivity contribution >= 4 is 11.0 Å². The van der Waals surface area contributed by atoms with Gasteiger partial charge in [-0.1, -0.05) is 11.6 Å². The Morgan fingerprint density at radius 1 is 1.30 bits per heavy atom. The second-order valence-electron chi connectivity index (χ2n) is 4.87. The van der Waals surface area contributed by atoms with Gasteiger partial charge in [0.2, 0.25) is 12.5 Å². The molecule has 5 nitrogen and oxygen atoms in total. The minimum absolute atomic E-state index is 0.0469. The fraction of sp³-hybridized carbons (Fsp3) is 0.267. The van der Waals surface area contributed by atoms with Gasteiger partial charge >= 0.3 is 5.63 Å². The Morgan fingerprint density at radius 3 is 2.80 bits per heavy atom. The average Bonchev–Trinajstić information content (AvgIpc) is 2.87. The molecule has 1 aliphatic heterocycles. The third-order valence-corrected chi connectivity index (χ3v) is 3.18. The largest absolute Gasteiger partial charge is 0.504 e. The van der Waals surface area contributed by atoms with Gasteiger partial charge in [-0.2, -0.15) is 0 Å². The van der Waals surface area contributed by atoms with Crippen LogP contribution in [0, 0.1) is 0 Å². The highest BCUT2D eigenvalue weighted by molar-refractivity contribution is 5.92. The summed E-state index contributed by atoms with van der Waals surface area (Å²) >= 11 is 0. The summed E-state index contributed by atoms with van der Waals surface area (Å²) < 4.78 is 16.0. The first-order chi connectivity index (χ1) is 9.58. The summed E-state index contributed by atoms with van der Waals surface area (Å²) in [5.41, 5.74) is 1.73. The van der Waals surface area contributed by atoms with Gasteiger partial charge in [0.15, 0.2) is 11.5 Å². The van der Waals surface area contributed by atoms with Crippen LogP contribution in [-0.4, -0.2) is 11.9 Å². The summed E-state index contributed by atoms with van der Waals surface area (Å²) in [6, 6.07) is 2.80. The van der Waals surface area contributed by atoms with E-state index < -0.39 is 5.63 Å². The van der Waals surface area contributed by atoms with Crippen LogP contribution in [0.5, 0.6) is 17.2 Å². The van der Waals surface area contributed by atoms with Crippen molar-refractivity contribution in [1.29, 1.82) is 0 Å². The predicted molar refractivity (Wildman–Crippen MR) is 73.4 cm³/mol. The first-order valence-electron chi connectivity index (χ1n) is 6.28. The Kier molecular flexibility index (Phi) is 2.89. The van der Waals surface area contributed by atoms with Crippen LogP contribution >= 0.6 is 0 Å². The second-order valence-corrected chi connectivity index (χ2v) is 4.87. The monoisotopic (exact) mass is 274 g/mol. The van der Waals surface area contributed by atoms with Gasteiger partial charge in [0.1, 0.15) is 5.58 Å². The van der Waals surface area contributed by atoms with E-state index >= 15 is 0 Å². The lowest BCUT2D eigenvalue weighted by molar-refractivity contribution is 0.171. The fourth-order valence-electron chi connectivity index (χ4n) is 2.22. The molecule has 20 heavy (non-hydrogen) atoms. The molecule has 3 rings (SSSR count). The molecule has 1 aliphatic rings. The van der Waals surface area contributed by atoms with Crippen molar-refractivity contribution in [2.45, 2.75) is 20.3 Å². The smallest absolute Gasteiger partial charge is 0.336 e. The summed E-state index contributed by atoms with van der Waals surface area (Å²) in [5.74, 6) is 0.697. The molecule has 0 atom stereocenters. The van der Waals surface area contributed by atoms with E-state index in [0.29, 0.717) is 34.5 Å². The molecule has 0 saturated heterocycles. The van der Waals surface area contributed by atoms with Crippen molar-refractivity contribution in [3.63, 3.8) is 0 Å². The number of hydrogen-bond donors (Lipinski definition) is 1. The molecular weight excluding hydrogens is 260 g/mol. The Balaban J connectivity index is 2.35. The SMILES string of the molecule is CC(C)=CCc1c2c(c(O)c3ccc(=O)oc13)OCO2. The molecule has 2 heterocycles. The molecule has 104 valence electrons. The van der Waals surface area contributed by atoms with E-state index in [2.05, 4.69) is 0 Å². The lowest BCUT2D eigenvalue weighted by Gasteiger charge is -2.09. The molecule has 0 saturated carbocycles. The molecule has 0 bridgehead atoms. The minimum Gasteiger partial charge on any atom is -0.504 e. The van der Waals surface area contributed by atoms with Crippen LogP contribution in [0.25, 0.3) is 11.0 Å². The molecule has 0 amide bonds. The highest BCUT2D eigenvalue weighted by Gasteiger charge is 2.27. The van der Waals surface area contributed by atoms with Crippen LogP contribution in [0.4, 0.5) is 0 Å². The lowest BCUT2D eigenvalue weighted by atomic mass is 10.0. The van der Waals surface area contributed by atoms with Crippen LogP contribution < -0.4 is 15.1 Å². The fourth-order valence-corrected chi connectivity index (χ4v) is 2.22. The van der Waals surface area contributed by atoms with Gasteiger partial charge < -0.3 is 19.0 Å². The molecule has 5 heteroatoms. The van der Waals surface area contributed by atoms with Gasteiger partial charge in [-0.15, -0.1) is 0 Å². The zero-order valence-corrected chi connectivity index (χ0v) is 11.2. The van der Waals surface area contributed by atoms with Gasteiger partial charge in [0, 0.05) is 11.6 Å². The van der Waals surface area contributed by atoms with E-state index in [9.17, 15) is 9.90 Å². The molecule has 0 aliphatic carbocycles. The maximum Gasteiger partial charge on any atom is 0.336 e. The molecular formula is C15H14O5. The molecule has 2 aromatic rings. The normalized spacial score (nSPS) is 12.7. The van der Waals surface area contributed by atoms with E-state index in [1.807, 2.05) is 19.9 Å². The summed E-state index contributed by atoms with van der Waals surface area (Å²) in [7, 11) is 0. The van der Waals surface area contributed by atoms with Gasteiger partial charge in [-0.25, -0.2) is 4.79 Å². The van der Waals surface area contributed by atoms with Crippen molar-refractivity contribution in [3.05, 3.63) is 39.8 Å². The van der Waals surface area contributed by atoms with E-state index in [1.165, 1.54) is 12.1 Å². The molecule has 0 spiro atoms. The quantitative estimate of drug-likeness (QED) is 0.673. The van der Waals surface area contributed by atoms with Crippen LogP contribution in [0.1, 0.15) is 19.4 Å². The van der Waals surface area contributed by atoms with Gasteiger partial charge in [-0.3, -0.25) is 0 Å². The number of ether oxygens (including phenoxy) is 2. The van der Waals surface area contributed by atoms with Gasteiger partial charge in [0.25, 0.3) is 0 Å². The van der Waals surface area contributed by atoms with Crippen LogP contribution in [0.3, 0.4) is 0 Å². The van der Waals surface area contributed by atoms with Gasteiger partial charge in [0.05, 0.1) is 5.39 Å². The number of hydrogen-bond acceptors (Lipinski definition) is 5. The number of phenolic OH excluding ortho intramolecular Hbond substituents is 1. The number of benzene rings is 1. The number of aromatic hydroxyl groups is 1. The number of allylic oxidation sites excluding steroid dienone is 2. The van der Waals surface area contributed by atoms with Crippen molar-refractivity contribution in [2.75, 3.05) is 6.79 Å². The van der Waals surface area contributed by atoms with Crippen molar-refractivity contribution in [2.24, 2.45) is 0 Å². The third-order valence-electron chi connectivity index (χ3n) is 3.18. The van der Waals surface area contributed by atoms with Crippen molar-refractivity contribution in [3.8, 4) is 17.2 Å². The maximum absolute atomic E-state index is 11.4. The lowest BCUT2D eigenvalue weighted by Crippen LogP contribution is -1.98. The van der Waals surface area contributed by atoms with Gasteiger partial charge in [-0.05, 0) is 26.3 Å². The molecule has 0 radical (unpaired) electrons. The van der Waals surface area contributed by atoms with E-state index in [4.69, 9.17) is 13.9 Å². The summed E-state index contributed by atoms with van der Waals surface area (Å²) in [6.45, 7) is 4.01. The standard InChI is InChI=1S/C15H14O5/c1-8(2)3-4-10-13-9(5-6-11(16)20-13)12(17)15-14(10)18-7-19-15/h3,5-6,17H,4,7H2,1-2H3. The van der Waals surface area contributed by atoms with E-state index in [-0.39, 0.29) is 12.5 Å². The number of rotatable bonds is 2. The zero-order chi connectivity index (χ0) is 14.3. The third kappa shape index (κ3) is 1.91. The predicted octanol–water partition coefficient (Wildman–Crippen LogP) is 2.74. The van der Waals surface area contributed by atoms with Crippen LogP contribution in [0.15, 0.2) is 33.0 Å². The van der Waals surface area contributed by atoms with Crippen LogP contribution in [0.2, 0.25) is 0 Å². The topological polar surface area (TPSA) is 68.9 Å². The first-order valence-corrected chi connectivity index (χ1v) is 6.28. The summed E-state index contributed by atoms with van der Waals surface area (Å²) in [5, 5.41) is 10.6. The number of phenols is 1. The molecule has 1 aromatic heterocycles. The summed E-state index contributed by atoms with van der Waals surface area (Å²) in [6.07, 6.45) is 2.54. The maximum atomic E-state index is 11.4. The van der Waals surface area contributed by atoms with E-state index in [0.717, 1.165) is 5.57 Å². The Bertz CT molecular complexity index is 766.